The second-order valence-corrected chi connectivity index (χ2v) is 7.06. The summed E-state index contributed by atoms with van der Waals surface area (Å²) in [5.41, 5.74) is 0.222. The summed E-state index contributed by atoms with van der Waals surface area (Å²) < 4.78 is 1.50. The topological polar surface area (TPSA) is 83.7 Å². The number of carbonyl (C=O) groups excluding carboxylic acids is 1. The molecule has 22 heavy (non-hydrogen) atoms. The van der Waals surface area contributed by atoms with Gasteiger partial charge < -0.3 is 10.4 Å². The Kier molecular flexibility index (Phi) is 4.67. The van der Waals surface area contributed by atoms with Crippen LogP contribution in [0.4, 0.5) is 0 Å². The number of rotatable bonds is 4. The first-order chi connectivity index (χ1) is 10.3. The van der Waals surface area contributed by atoms with Gasteiger partial charge in [-0.1, -0.05) is 27.7 Å². The molecule has 0 bridgehead atoms. The average molecular weight is 323 g/mol. The van der Waals surface area contributed by atoms with Crippen LogP contribution in [0.2, 0.25) is 0 Å². The van der Waals surface area contributed by atoms with Crippen molar-refractivity contribution in [3.8, 4) is 0 Å². The number of amides is 1. The molecule has 2 aromatic rings. The van der Waals surface area contributed by atoms with Gasteiger partial charge in [-0.3, -0.25) is 14.0 Å². The monoisotopic (exact) mass is 323 g/mol. The van der Waals surface area contributed by atoms with E-state index in [1.165, 1.54) is 21.9 Å². The normalized spacial score (nSPS) is 13.3. The Balaban J connectivity index is 2.51. The summed E-state index contributed by atoms with van der Waals surface area (Å²) in [7, 11) is 0. The highest BCUT2D eigenvalue weighted by atomic mass is 32.1. The van der Waals surface area contributed by atoms with Gasteiger partial charge in [0, 0.05) is 22.7 Å². The summed E-state index contributed by atoms with van der Waals surface area (Å²) >= 11 is 1.38. The predicted molar refractivity (Wildman–Crippen MR) is 86.7 cm³/mol. The molecule has 0 saturated heterocycles. The molecule has 0 aliphatic heterocycles. The largest absolute Gasteiger partial charge is 0.394 e. The fourth-order valence-electron chi connectivity index (χ4n) is 2.10. The number of thiazole rings is 1. The zero-order chi connectivity index (χ0) is 16.5. The van der Waals surface area contributed by atoms with Crippen molar-refractivity contribution in [2.24, 2.45) is 0 Å². The molecular formula is C15H21N3O3S. The van der Waals surface area contributed by atoms with Gasteiger partial charge in [-0.25, -0.2) is 4.98 Å². The van der Waals surface area contributed by atoms with Crippen LogP contribution in [0.15, 0.2) is 16.4 Å². The Bertz CT molecular complexity index is 739. The second-order valence-electron chi connectivity index (χ2n) is 6.23. The van der Waals surface area contributed by atoms with Crippen molar-refractivity contribution >= 4 is 22.2 Å². The molecule has 1 atom stereocenters. The number of aliphatic hydroxyl groups is 1. The van der Waals surface area contributed by atoms with Gasteiger partial charge in [0.2, 0.25) is 0 Å². The van der Waals surface area contributed by atoms with Gasteiger partial charge in [-0.2, -0.15) is 0 Å². The van der Waals surface area contributed by atoms with Gasteiger partial charge in [0.25, 0.3) is 11.5 Å². The molecule has 2 aromatic heterocycles. The number of nitrogens with one attached hydrogen (secondary N) is 1. The van der Waals surface area contributed by atoms with Gasteiger partial charge in [-0.05, 0) is 6.42 Å². The summed E-state index contributed by atoms with van der Waals surface area (Å²) in [4.78, 5) is 29.7. The Morgan fingerprint density at radius 3 is 2.73 bits per heavy atom. The summed E-state index contributed by atoms with van der Waals surface area (Å²) in [6, 6.07) is -0.364. The van der Waals surface area contributed by atoms with E-state index in [1.54, 1.807) is 0 Å². The number of fused-ring (bicyclic) bond motifs is 1. The number of hydrogen-bond donors (Lipinski definition) is 2. The molecule has 0 fully saturated rings. The maximum atomic E-state index is 12.7. The number of hydrogen-bond acceptors (Lipinski definition) is 5. The molecule has 120 valence electrons. The SMILES string of the molecule is CCC(CO)NC(=O)c1cnc2scc(C(C)(C)C)n2c1=O. The lowest BCUT2D eigenvalue weighted by Crippen LogP contribution is -2.40. The molecule has 6 nitrogen and oxygen atoms in total. The first-order valence-electron chi connectivity index (χ1n) is 7.21. The summed E-state index contributed by atoms with van der Waals surface area (Å²) in [5.74, 6) is -0.501. The van der Waals surface area contributed by atoms with Crippen LogP contribution in [0, 0.1) is 0 Å². The molecule has 1 unspecified atom stereocenters. The standard InChI is InChI=1S/C15H21N3O3S/c1-5-9(7-19)17-12(20)10-6-16-14-18(13(10)21)11(8-22-14)15(2,3)4/h6,8-9,19H,5,7H2,1-4H3,(H,17,20). The van der Waals surface area contributed by atoms with E-state index in [9.17, 15) is 9.59 Å². The summed E-state index contributed by atoms with van der Waals surface area (Å²) in [5, 5.41) is 13.7. The van der Waals surface area contributed by atoms with Crippen LogP contribution in [0.1, 0.15) is 50.2 Å². The Hall–Kier alpha value is -1.73. The van der Waals surface area contributed by atoms with Crippen LogP contribution in [0.5, 0.6) is 0 Å². The Morgan fingerprint density at radius 1 is 1.50 bits per heavy atom. The quantitative estimate of drug-likeness (QED) is 0.894. The molecule has 0 aliphatic carbocycles. The lowest BCUT2D eigenvalue weighted by molar-refractivity contribution is 0.0913. The van der Waals surface area contributed by atoms with Crippen LogP contribution in [-0.2, 0) is 5.41 Å². The van der Waals surface area contributed by atoms with Crippen molar-refractivity contribution in [3.05, 3.63) is 33.2 Å². The fourth-order valence-corrected chi connectivity index (χ4v) is 3.18. The molecule has 0 spiro atoms. The maximum Gasteiger partial charge on any atom is 0.271 e. The van der Waals surface area contributed by atoms with Crippen molar-refractivity contribution in [2.75, 3.05) is 6.61 Å². The molecule has 2 N–H and O–H groups in total. The molecule has 2 heterocycles. The first kappa shape index (κ1) is 16.6. The number of carbonyl (C=O) groups is 1. The predicted octanol–water partition coefficient (Wildman–Crippen LogP) is 1.55. The van der Waals surface area contributed by atoms with Crippen LogP contribution in [0.25, 0.3) is 4.96 Å². The minimum Gasteiger partial charge on any atom is -0.394 e. The van der Waals surface area contributed by atoms with E-state index in [-0.39, 0.29) is 29.2 Å². The van der Waals surface area contributed by atoms with E-state index in [2.05, 4.69) is 10.3 Å². The highest BCUT2D eigenvalue weighted by Gasteiger charge is 2.23. The van der Waals surface area contributed by atoms with Gasteiger partial charge in [0.05, 0.1) is 12.6 Å². The van der Waals surface area contributed by atoms with E-state index in [0.717, 1.165) is 5.69 Å². The van der Waals surface area contributed by atoms with Crippen LogP contribution < -0.4 is 10.9 Å². The fraction of sp³-hybridized carbons (Fsp3) is 0.533. The van der Waals surface area contributed by atoms with Gasteiger partial charge in [0.1, 0.15) is 5.56 Å². The molecule has 0 saturated carbocycles. The van der Waals surface area contributed by atoms with E-state index in [1.807, 2.05) is 33.1 Å². The van der Waals surface area contributed by atoms with Crippen LogP contribution >= 0.6 is 11.3 Å². The zero-order valence-electron chi connectivity index (χ0n) is 13.2. The Labute approximate surface area is 132 Å². The van der Waals surface area contributed by atoms with Crippen molar-refractivity contribution in [3.63, 3.8) is 0 Å². The molecule has 2 rings (SSSR count). The highest BCUT2D eigenvalue weighted by Crippen LogP contribution is 2.25. The van der Waals surface area contributed by atoms with E-state index in [0.29, 0.717) is 11.4 Å². The first-order valence-corrected chi connectivity index (χ1v) is 8.09. The third-order valence-corrected chi connectivity index (χ3v) is 4.35. The van der Waals surface area contributed by atoms with Crippen LogP contribution in [-0.4, -0.2) is 33.0 Å². The van der Waals surface area contributed by atoms with Crippen molar-refractivity contribution in [1.29, 1.82) is 0 Å². The minimum atomic E-state index is -0.501. The summed E-state index contributed by atoms with van der Waals surface area (Å²) in [6.45, 7) is 7.71. The minimum absolute atomic E-state index is 0.00620. The maximum absolute atomic E-state index is 12.7. The molecule has 1 amide bonds. The summed E-state index contributed by atoms with van der Waals surface area (Å²) in [6.07, 6.45) is 1.89. The average Bonchev–Trinajstić information content (AvgIpc) is 2.89. The van der Waals surface area contributed by atoms with Crippen LogP contribution in [0.3, 0.4) is 0 Å². The van der Waals surface area contributed by atoms with Crippen molar-refractivity contribution in [1.82, 2.24) is 14.7 Å². The second kappa shape index (κ2) is 6.18. The van der Waals surface area contributed by atoms with Crippen molar-refractivity contribution in [2.45, 2.75) is 45.6 Å². The lowest BCUT2D eigenvalue weighted by Gasteiger charge is -2.18. The number of nitrogens with zero attached hydrogens (tertiary/aromatic N) is 2. The van der Waals surface area contributed by atoms with Gasteiger partial charge in [-0.15, -0.1) is 11.3 Å². The smallest absolute Gasteiger partial charge is 0.271 e. The highest BCUT2D eigenvalue weighted by molar-refractivity contribution is 7.15. The van der Waals surface area contributed by atoms with E-state index in [4.69, 9.17) is 5.11 Å². The van der Waals surface area contributed by atoms with Gasteiger partial charge >= 0.3 is 0 Å². The van der Waals surface area contributed by atoms with Gasteiger partial charge in [0.15, 0.2) is 4.96 Å². The Morgan fingerprint density at radius 2 is 2.18 bits per heavy atom. The molecule has 0 aromatic carbocycles. The molecule has 0 aliphatic rings. The zero-order valence-corrected chi connectivity index (χ0v) is 14.0. The van der Waals surface area contributed by atoms with E-state index < -0.39 is 5.91 Å². The van der Waals surface area contributed by atoms with E-state index >= 15 is 0 Å². The third-order valence-electron chi connectivity index (χ3n) is 3.51. The molecule has 0 radical (unpaired) electrons. The number of aromatic nitrogens is 2. The molecule has 7 heteroatoms. The van der Waals surface area contributed by atoms with Crippen molar-refractivity contribution < 1.29 is 9.90 Å². The number of aliphatic hydroxyl groups excluding tert-OH is 1. The molecular weight excluding hydrogens is 302 g/mol. The third kappa shape index (κ3) is 3.05. The lowest BCUT2D eigenvalue weighted by atomic mass is 9.93.